The molecule has 1 heterocycles. The maximum Gasteiger partial charge on any atom is 0.489 e. The van der Waals surface area contributed by atoms with Gasteiger partial charge in [-0.25, -0.2) is 8.42 Å². The molecule has 1 aliphatic rings. The number of carbonyl (C=O) groups excluding carboxylic acids is 2. The van der Waals surface area contributed by atoms with Gasteiger partial charge in [0.2, 0.25) is 10.0 Å². The van der Waals surface area contributed by atoms with Crippen LogP contribution in [0.4, 0.5) is 5.69 Å². The first-order chi connectivity index (χ1) is 16.3. The van der Waals surface area contributed by atoms with Crippen molar-refractivity contribution in [3.8, 4) is 11.5 Å². The average molecular weight is 490 g/mol. The summed E-state index contributed by atoms with van der Waals surface area (Å²) in [5.74, 6) is -0.324. The summed E-state index contributed by atoms with van der Waals surface area (Å²) in [6, 6.07) is 8.52. The molecule has 182 valence electrons. The van der Waals surface area contributed by atoms with Crippen LogP contribution in [-0.2, 0) is 14.8 Å². The Hall–Kier alpha value is -2.93. The van der Waals surface area contributed by atoms with Crippen LogP contribution in [0.25, 0.3) is 0 Å². The number of benzene rings is 2. The first-order valence-electron chi connectivity index (χ1n) is 10.9. The van der Waals surface area contributed by atoms with Crippen LogP contribution in [0.5, 0.6) is 11.5 Å². The van der Waals surface area contributed by atoms with Gasteiger partial charge in [-0.15, -0.1) is 0 Å². The van der Waals surface area contributed by atoms with Gasteiger partial charge in [-0.05, 0) is 49.5 Å². The van der Waals surface area contributed by atoms with Crippen molar-refractivity contribution in [2.45, 2.75) is 31.1 Å². The molecule has 0 atom stereocenters. The van der Waals surface area contributed by atoms with E-state index < -0.39 is 29.7 Å². The van der Waals surface area contributed by atoms with E-state index in [0.717, 1.165) is 19.3 Å². The van der Waals surface area contributed by atoms with Crippen LogP contribution >= 0.6 is 0 Å². The zero-order valence-electron chi connectivity index (χ0n) is 18.8. The normalized spacial score (nSPS) is 14.3. The van der Waals surface area contributed by atoms with Crippen molar-refractivity contribution >= 4 is 40.5 Å². The number of hydrogen-bond acceptors (Lipinski definition) is 8. The van der Waals surface area contributed by atoms with E-state index >= 15 is 0 Å². The molecule has 0 aromatic heterocycles. The summed E-state index contributed by atoms with van der Waals surface area (Å²) in [5.41, 5.74) is 0.0285. The summed E-state index contributed by atoms with van der Waals surface area (Å²) >= 11 is 0. The first-order valence-corrected chi connectivity index (χ1v) is 12.4. The Morgan fingerprint density at radius 2 is 1.85 bits per heavy atom. The first kappa shape index (κ1) is 25.7. The minimum absolute atomic E-state index is 0.00205. The Bertz CT molecular complexity index is 1130. The van der Waals surface area contributed by atoms with Gasteiger partial charge in [0, 0.05) is 13.1 Å². The van der Waals surface area contributed by atoms with E-state index in [1.54, 1.807) is 6.92 Å². The lowest BCUT2D eigenvalue weighted by Crippen LogP contribution is -2.35. The summed E-state index contributed by atoms with van der Waals surface area (Å²) < 4.78 is 38.4. The van der Waals surface area contributed by atoms with Gasteiger partial charge < -0.3 is 24.8 Å². The molecule has 0 spiro atoms. The molecule has 0 aliphatic carbocycles. The van der Waals surface area contributed by atoms with Crippen LogP contribution in [0.2, 0.25) is 0 Å². The molecule has 1 amide bonds. The molecule has 34 heavy (non-hydrogen) atoms. The van der Waals surface area contributed by atoms with E-state index in [1.165, 1.54) is 40.7 Å². The van der Waals surface area contributed by atoms with Gasteiger partial charge in [-0.2, -0.15) is 4.31 Å². The molecular formula is C22H27BN2O8S. The second kappa shape index (κ2) is 11.5. The number of nitrogens with one attached hydrogen (secondary N) is 1. The van der Waals surface area contributed by atoms with Gasteiger partial charge in [0.05, 0.1) is 22.8 Å². The Balaban J connectivity index is 1.79. The zero-order chi connectivity index (χ0) is 24.7. The molecule has 10 nitrogen and oxygen atoms in total. The topological polar surface area (TPSA) is 142 Å². The van der Waals surface area contributed by atoms with Crippen molar-refractivity contribution < 1.29 is 37.5 Å². The highest BCUT2D eigenvalue weighted by atomic mass is 32.2. The molecule has 3 rings (SSSR count). The predicted octanol–water partition coefficient (Wildman–Crippen LogP) is 0.770. The predicted molar refractivity (Wildman–Crippen MR) is 126 cm³/mol. The lowest BCUT2D eigenvalue weighted by Gasteiger charge is -2.26. The number of ether oxygens (including phenoxy) is 2. The van der Waals surface area contributed by atoms with Crippen LogP contribution in [0.3, 0.4) is 0 Å². The van der Waals surface area contributed by atoms with Crippen molar-refractivity contribution in [2.24, 2.45) is 0 Å². The number of amides is 1. The van der Waals surface area contributed by atoms with Gasteiger partial charge in [0.25, 0.3) is 5.91 Å². The third kappa shape index (κ3) is 5.95. The van der Waals surface area contributed by atoms with E-state index in [9.17, 15) is 28.1 Å². The van der Waals surface area contributed by atoms with Gasteiger partial charge in [-0.1, -0.05) is 18.6 Å². The summed E-state index contributed by atoms with van der Waals surface area (Å²) in [7, 11) is -5.60. The highest BCUT2D eigenvalue weighted by Gasteiger charge is 2.27. The zero-order valence-corrected chi connectivity index (χ0v) is 19.6. The Kier molecular flexibility index (Phi) is 8.67. The number of aldehydes is 1. The van der Waals surface area contributed by atoms with Crippen LogP contribution < -0.4 is 20.3 Å². The highest BCUT2D eigenvalue weighted by Crippen LogP contribution is 2.30. The molecule has 12 heteroatoms. The number of piperidine rings is 1. The summed E-state index contributed by atoms with van der Waals surface area (Å²) in [6.07, 6.45) is 3.00. The van der Waals surface area contributed by atoms with Gasteiger partial charge in [0.1, 0.15) is 11.5 Å². The SMILES string of the molecule is CCOc1ccc(S(=O)(=O)N2CCCCC2)cc1NC(=O)COc1cccc(B(O)O)c1C=O. The number of carbonyl (C=O) groups is 2. The molecule has 2 aromatic rings. The minimum atomic E-state index is -3.72. The van der Waals surface area contributed by atoms with Crippen molar-refractivity contribution in [2.75, 3.05) is 31.6 Å². The second-order valence-corrected chi connectivity index (χ2v) is 9.58. The van der Waals surface area contributed by atoms with E-state index in [-0.39, 0.29) is 27.4 Å². The van der Waals surface area contributed by atoms with Crippen LogP contribution in [0.15, 0.2) is 41.3 Å². The maximum atomic E-state index is 13.0. The number of anilines is 1. The van der Waals surface area contributed by atoms with E-state index in [4.69, 9.17) is 9.47 Å². The fourth-order valence-corrected chi connectivity index (χ4v) is 5.21. The van der Waals surface area contributed by atoms with Crippen molar-refractivity contribution in [1.82, 2.24) is 4.31 Å². The van der Waals surface area contributed by atoms with Gasteiger partial charge in [-0.3, -0.25) is 9.59 Å². The van der Waals surface area contributed by atoms with Crippen molar-refractivity contribution in [3.63, 3.8) is 0 Å². The largest absolute Gasteiger partial charge is 0.492 e. The lowest BCUT2D eigenvalue weighted by atomic mass is 9.77. The van der Waals surface area contributed by atoms with E-state index in [0.29, 0.717) is 31.7 Å². The number of hydrogen-bond donors (Lipinski definition) is 3. The Morgan fingerprint density at radius 1 is 1.12 bits per heavy atom. The molecule has 0 saturated carbocycles. The standard InChI is InChI=1S/C22H27BN2O8S/c1-2-32-21-10-9-16(34(30,31)25-11-4-3-5-12-25)13-19(21)24-22(27)15-33-20-8-6-7-18(23(28)29)17(20)14-26/h6-10,13-14,28-29H,2-5,11-12,15H2,1H3,(H,24,27). The molecule has 1 aliphatic heterocycles. The van der Waals surface area contributed by atoms with Crippen LogP contribution in [-0.4, -0.2) is 68.4 Å². The Morgan fingerprint density at radius 3 is 2.50 bits per heavy atom. The Labute approximate surface area is 198 Å². The number of nitrogens with zero attached hydrogens (tertiary/aromatic N) is 1. The van der Waals surface area contributed by atoms with E-state index in [2.05, 4.69) is 5.32 Å². The monoisotopic (exact) mass is 490 g/mol. The molecule has 0 radical (unpaired) electrons. The molecule has 0 bridgehead atoms. The summed E-state index contributed by atoms with van der Waals surface area (Å²) in [6.45, 7) is 2.45. The number of sulfonamides is 1. The quantitative estimate of drug-likeness (QED) is 0.328. The number of rotatable bonds is 10. The molecule has 3 N–H and O–H groups in total. The maximum absolute atomic E-state index is 13.0. The molecule has 2 aromatic carbocycles. The molecule has 1 fully saturated rings. The fourth-order valence-electron chi connectivity index (χ4n) is 3.67. The third-order valence-corrected chi connectivity index (χ3v) is 7.23. The molecule has 0 unspecified atom stereocenters. The van der Waals surface area contributed by atoms with Crippen molar-refractivity contribution in [1.29, 1.82) is 0 Å². The van der Waals surface area contributed by atoms with Gasteiger partial charge >= 0.3 is 7.12 Å². The fraction of sp³-hybridized carbons (Fsp3) is 0.364. The lowest BCUT2D eigenvalue weighted by molar-refractivity contribution is -0.118. The average Bonchev–Trinajstić information content (AvgIpc) is 2.84. The van der Waals surface area contributed by atoms with Crippen LogP contribution in [0.1, 0.15) is 36.5 Å². The minimum Gasteiger partial charge on any atom is -0.492 e. The van der Waals surface area contributed by atoms with Crippen molar-refractivity contribution in [3.05, 3.63) is 42.0 Å². The molecule has 1 saturated heterocycles. The second-order valence-electron chi connectivity index (χ2n) is 7.64. The highest BCUT2D eigenvalue weighted by molar-refractivity contribution is 7.89. The molecular weight excluding hydrogens is 463 g/mol. The third-order valence-electron chi connectivity index (χ3n) is 5.33. The van der Waals surface area contributed by atoms with Crippen LogP contribution in [0, 0.1) is 0 Å². The smallest absolute Gasteiger partial charge is 0.489 e. The summed E-state index contributed by atoms with van der Waals surface area (Å²) in [4.78, 5) is 24.0. The van der Waals surface area contributed by atoms with Gasteiger partial charge in [0.15, 0.2) is 12.9 Å². The summed E-state index contributed by atoms with van der Waals surface area (Å²) in [5, 5.41) is 21.4. The van der Waals surface area contributed by atoms with E-state index in [1.807, 2.05) is 0 Å².